The zero-order valence-corrected chi connectivity index (χ0v) is 12.0. The summed E-state index contributed by atoms with van der Waals surface area (Å²) in [6.45, 7) is 3.23. The molecule has 21 heavy (non-hydrogen) atoms. The maximum absolute atomic E-state index is 12.2. The van der Waals surface area contributed by atoms with E-state index in [9.17, 15) is 14.4 Å². The van der Waals surface area contributed by atoms with Crippen LogP contribution in [0.5, 0.6) is 0 Å². The van der Waals surface area contributed by atoms with Gasteiger partial charge in [0.2, 0.25) is 5.91 Å². The second-order valence-corrected chi connectivity index (χ2v) is 5.29. The van der Waals surface area contributed by atoms with Crippen LogP contribution in [-0.2, 0) is 14.3 Å². The third-order valence-corrected chi connectivity index (χ3v) is 3.78. The van der Waals surface area contributed by atoms with Gasteiger partial charge in [0, 0.05) is 25.7 Å². The lowest BCUT2D eigenvalue weighted by Gasteiger charge is -2.39. The molecule has 8 heteroatoms. The Morgan fingerprint density at radius 3 is 2.81 bits per heavy atom. The molecule has 0 radical (unpaired) electrons. The van der Waals surface area contributed by atoms with E-state index in [1.807, 2.05) is 6.92 Å². The first-order valence-electron chi connectivity index (χ1n) is 7.19. The van der Waals surface area contributed by atoms with Crippen LogP contribution in [0, 0.1) is 0 Å². The predicted octanol–water partition coefficient (Wildman–Crippen LogP) is -0.461. The number of carbonyl (C=O) groups is 3. The number of nitrogens with one attached hydrogen (secondary N) is 2. The molecule has 1 aliphatic heterocycles. The number of aliphatic carboxylic acids is 1. The molecule has 1 saturated heterocycles. The Labute approximate surface area is 122 Å². The van der Waals surface area contributed by atoms with Crippen molar-refractivity contribution in [3.05, 3.63) is 0 Å². The Kier molecular flexibility index (Phi) is 5.00. The lowest BCUT2D eigenvalue weighted by Crippen LogP contribution is -2.62. The number of carbonyl (C=O) groups excluding carboxylic acids is 2. The summed E-state index contributed by atoms with van der Waals surface area (Å²) in [5.41, 5.74) is 0. The summed E-state index contributed by atoms with van der Waals surface area (Å²) < 4.78 is 5.42. The zero-order valence-electron chi connectivity index (χ0n) is 12.0. The summed E-state index contributed by atoms with van der Waals surface area (Å²) in [4.78, 5) is 36.1. The molecule has 118 valence electrons. The van der Waals surface area contributed by atoms with E-state index in [1.54, 1.807) is 0 Å². The van der Waals surface area contributed by atoms with Gasteiger partial charge in [-0.1, -0.05) is 0 Å². The largest absolute Gasteiger partial charge is 0.481 e. The molecular weight excluding hydrogens is 278 g/mol. The van der Waals surface area contributed by atoms with Crippen molar-refractivity contribution in [2.45, 2.75) is 44.4 Å². The number of carboxylic acid groups (broad SMARTS) is 1. The number of hydrogen-bond acceptors (Lipinski definition) is 4. The van der Waals surface area contributed by atoms with Gasteiger partial charge in [-0.15, -0.1) is 0 Å². The first kappa shape index (κ1) is 15.6. The maximum atomic E-state index is 12.2. The summed E-state index contributed by atoms with van der Waals surface area (Å²) in [5, 5.41) is 14.3. The molecule has 0 spiro atoms. The molecule has 0 aromatic carbocycles. The fourth-order valence-corrected chi connectivity index (χ4v) is 2.64. The Bertz CT molecular complexity index is 422. The number of carboxylic acids is 1. The van der Waals surface area contributed by atoms with Gasteiger partial charge in [0.25, 0.3) is 0 Å². The number of urea groups is 1. The average molecular weight is 299 g/mol. The highest BCUT2D eigenvalue weighted by Gasteiger charge is 2.37. The molecule has 2 fully saturated rings. The van der Waals surface area contributed by atoms with Gasteiger partial charge in [0.1, 0.15) is 6.04 Å². The number of piperazine rings is 1. The molecular formula is C13H21N3O5. The molecule has 3 amide bonds. The van der Waals surface area contributed by atoms with Crippen LogP contribution in [0.3, 0.4) is 0 Å². The van der Waals surface area contributed by atoms with Crippen LogP contribution < -0.4 is 10.6 Å². The van der Waals surface area contributed by atoms with Crippen molar-refractivity contribution in [3.63, 3.8) is 0 Å². The Hall–Kier alpha value is -1.83. The van der Waals surface area contributed by atoms with Gasteiger partial charge in [0.15, 0.2) is 0 Å². The van der Waals surface area contributed by atoms with E-state index in [0.29, 0.717) is 19.7 Å². The Balaban J connectivity index is 1.87. The van der Waals surface area contributed by atoms with Crippen molar-refractivity contribution in [2.75, 3.05) is 19.7 Å². The molecule has 1 heterocycles. The zero-order chi connectivity index (χ0) is 15.4. The SMILES string of the molecule is CCOC1CC(NC(=O)N2CCNC(=O)C2CC(=O)O)C1. The van der Waals surface area contributed by atoms with Gasteiger partial charge in [-0.3, -0.25) is 9.59 Å². The average Bonchev–Trinajstić information content (AvgIpc) is 2.38. The van der Waals surface area contributed by atoms with Gasteiger partial charge < -0.3 is 25.4 Å². The number of ether oxygens (including phenoxy) is 1. The van der Waals surface area contributed by atoms with Crippen LogP contribution in [0.15, 0.2) is 0 Å². The number of rotatable bonds is 5. The third-order valence-electron chi connectivity index (χ3n) is 3.78. The molecule has 1 aliphatic carbocycles. The summed E-state index contributed by atoms with van der Waals surface area (Å²) in [5.74, 6) is -1.52. The lowest BCUT2D eigenvalue weighted by atomic mass is 9.89. The van der Waals surface area contributed by atoms with Crippen LogP contribution >= 0.6 is 0 Å². The van der Waals surface area contributed by atoms with Crippen molar-refractivity contribution in [3.8, 4) is 0 Å². The van der Waals surface area contributed by atoms with E-state index in [4.69, 9.17) is 9.84 Å². The first-order valence-corrected chi connectivity index (χ1v) is 7.19. The smallest absolute Gasteiger partial charge is 0.318 e. The van der Waals surface area contributed by atoms with Crippen LogP contribution in [0.1, 0.15) is 26.2 Å². The topological polar surface area (TPSA) is 108 Å². The molecule has 2 aliphatic rings. The van der Waals surface area contributed by atoms with E-state index in [0.717, 1.165) is 12.8 Å². The molecule has 1 unspecified atom stereocenters. The van der Waals surface area contributed by atoms with Crippen molar-refractivity contribution in [2.24, 2.45) is 0 Å². The van der Waals surface area contributed by atoms with Crippen LogP contribution in [0.2, 0.25) is 0 Å². The standard InChI is InChI=1S/C13H21N3O5/c1-2-21-9-5-8(6-9)15-13(20)16-4-3-14-12(19)10(16)7-11(17)18/h8-10H,2-7H2,1H3,(H,14,19)(H,15,20)(H,17,18). The van der Waals surface area contributed by atoms with Crippen LogP contribution in [0.4, 0.5) is 4.79 Å². The highest BCUT2D eigenvalue weighted by molar-refractivity contribution is 5.91. The summed E-state index contributed by atoms with van der Waals surface area (Å²) in [7, 11) is 0. The lowest BCUT2D eigenvalue weighted by molar-refractivity contribution is -0.142. The second kappa shape index (κ2) is 6.75. The number of nitrogens with zero attached hydrogens (tertiary/aromatic N) is 1. The first-order chi connectivity index (χ1) is 10.0. The molecule has 2 rings (SSSR count). The van der Waals surface area contributed by atoms with E-state index >= 15 is 0 Å². The Morgan fingerprint density at radius 2 is 2.19 bits per heavy atom. The van der Waals surface area contributed by atoms with Crippen molar-refractivity contribution < 1.29 is 24.2 Å². The molecule has 8 nitrogen and oxygen atoms in total. The fraction of sp³-hybridized carbons (Fsp3) is 0.769. The van der Waals surface area contributed by atoms with Gasteiger partial charge in [0.05, 0.1) is 12.5 Å². The fourth-order valence-electron chi connectivity index (χ4n) is 2.64. The molecule has 0 bridgehead atoms. The highest BCUT2D eigenvalue weighted by Crippen LogP contribution is 2.23. The molecule has 0 aromatic heterocycles. The van der Waals surface area contributed by atoms with Crippen LogP contribution in [0.25, 0.3) is 0 Å². The van der Waals surface area contributed by atoms with Crippen molar-refractivity contribution in [1.29, 1.82) is 0 Å². The monoisotopic (exact) mass is 299 g/mol. The quantitative estimate of drug-likeness (QED) is 0.636. The summed E-state index contributed by atoms with van der Waals surface area (Å²) in [6.07, 6.45) is 1.30. The van der Waals surface area contributed by atoms with E-state index in [-0.39, 0.29) is 24.6 Å². The second-order valence-electron chi connectivity index (χ2n) is 5.29. The maximum Gasteiger partial charge on any atom is 0.318 e. The van der Waals surface area contributed by atoms with Gasteiger partial charge in [-0.25, -0.2) is 4.79 Å². The number of hydrogen-bond donors (Lipinski definition) is 3. The summed E-state index contributed by atoms with van der Waals surface area (Å²) >= 11 is 0. The van der Waals surface area contributed by atoms with Gasteiger partial charge >= 0.3 is 12.0 Å². The molecule has 1 saturated carbocycles. The van der Waals surface area contributed by atoms with Gasteiger partial charge in [-0.05, 0) is 19.8 Å². The van der Waals surface area contributed by atoms with E-state index in [2.05, 4.69) is 10.6 Å². The van der Waals surface area contributed by atoms with E-state index in [1.165, 1.54) is 4.90 Å². The number of amides is 3. The minimum Gasteiger partial charge on any atom is -0.481 e. The third kappa shape index (κ3) is 3.84. The minimum atomic E-state index is -1.10. The van der Waals surface area contributed by atoms with Crippen molar-refractivity contribution in [1.82, 2.24) is 15.5 Å². The Morgan fingerprint density at radius 1 is 1.48 bits per heavy atom. The minimum absolute atomic E-state index is 0.0320. The predicted molar refractivity (Wildman–Crippen MR) is 72.7 cm³/mol. The van der Waals surface area contributed by atoms with E-state index < -0.39 is 17.9 Å². The summed E-state index contributed by atoms with van der Waals surface area (Å²) in [6, 6.07) is -1.29. The normalized spacial score (nSPS) is 28.5. The highest BCUT2D eigenvalue weighted by atomic mass is 16.5. The molecule has 1 atom stereocenters. The van der Waals surface area contributed by atoms with Gasteiger partial charge in [-0.2, -0.15) is 0 Å². The molecule has 0 aromatic rings. The molecule has 3 N–H and O–H groups in total. The van der Waals surface area contributed by atoms with Crippen molar-refractivity contribution >= 4 is 17.9 Å². The van der Waals surface area contributed by atoms with Crippen LogP contribution in [-0.4, -0.2) is 65.8 Å².